The van der Waals surface area contributed by atoms with Crippen LogP contribution < -0.4 is 10.6 Å². The number of hydrogen-bond donors (Lipinski definition) is 1. The molecule has 4 heteroatoms. The summed E-state index contributed by atoms with van der Waals surface area (Å²) in [4.78, 5) is 2.06. The van der Waals surface area contributed by atoms with E-state index in [0.717, 1.165) is 23.6 Å². The van der Waals surface area contributed by atoms with Gasteiger partial charge in [-0.3, -0.25) is 0 Å². The zero-order valence-corrected chi connectivity index (χ0v) is 10.1. The molecule has 4 nitrogen and oxygen atoms in total. The molecule has 0 saturated heterocycles. The molecule has 0 atom stereocenters. The molecule has 0 radical (unpaired) electrons. The van der Waals surface area contributed by atoms with E-state index in [0.29, 0.717) is 0 Å². The van der Waals surface area contributed by atoms with Crippen LogP contribution in [0.25, 0.3) is 0 Å². The molecule has 0 aliphatic rings. The van der Waals surface area contributed by atoms with Crippen molar-refractivity contribution >= 4 is 11.5 Å². The molecule has 0 aliphatic carbocycles. The summed E-state index contributed by atoms with van der Waals surface area (Å²) in [6.45, 7) is 2.80. The lowest BCUT2D eigenvalue weighted by molar-refractivity contribution is 0.862. The van der Waals surface area contributed by atoms with Crippen molar-refractivity contribution in [2.75, 3.05) is 17.7 Å². The molecule has 0 amide bonds. The maximum absolute atomic E-state index is 5.65. The number of nitrogens with two attached hydrogens (primary N) is 1. The van der Waals surface area contributed by atoms with Gasteiger partial charge in [-0.15, -0.1) is 5.10 Å². The van der Waals surface area contributed by atoms with Crippen molar-refractivity contribution in [2.45, 2.75) is 13.5 Å². The molecule has 0 spiro atoms. The van der Waals surface area contributed by atoms with Crippen LogP contribution in [-0.2, 0) is 6.54 Å². The topological polar surface area (TPSA) is 55.0 Å². The summed E-state index contributed by atoms with van der Waals surface area (Å²) in [7, 11) is 2.00. The van der Waals surface area contributed by atoms with Crippen molar-refractivity contribution in [3.63, 3.8) is 0 Å². The lowest BCUT2D eigenvalue weighted by Crippen LogP contribution is -2.18. The van der Waals surface area contributed by atoms with Gasteiger partial charge in [-0.1, -0.05) is 12.1 Å². The Labute approximate surface area is 101 Å². The van der Waals surface area contributed by atoms with Crippen LogP contribution in [0.3, 0.4) is 0 Å². The van der Waals surface area contributed by atoms with E-state index < -0.39 is 0 Å². The Kier molecular flexibility index (Phi) is 3.23. The fourth-order valence-electron chi connectivity index (χ4n) is 1.61. The fourth-order valence-corrected chi connectivity index (χ4v) is 1.61. The van der Waals surface area contributed by atoms with E-state index in [9.17, 15) is 0 Å². The van der Waals surface area contributed by atoms with Crippen LogP contribution in [0.15, 0.2) is 36.5 Å². The molecule has 0 bridgehead atoms. The number of nitrogens with zero attached hydrogens (tertiary/aromatic N) is 3. The number of aromatic nitrogens is 2. The minimum atomic E-state index is 0.784. The first-order chi connectivity index (χ1) is 8.15. The number of aryl methyl sites for hydroxylation is 1. The molecule has 0 unspecified atom stereocenters. The minimum absolute atomic E-state index is 0.784. The van der Waals surface area contributed by atoms with Crippen molar-refractivity contribution in [1.29, 1.82) is 0 Å². The average Bonchev–Trinajstić information content (AvgIpc) is 2.32. The van der Waals surface area contributed by atoms with Crippen LogP contribution in [0.5, 0.6) is 0 Å². The zero-order valence-electron chi connectivity index (χ0n) is 10.1. The van der Waals surface area contributed by atoms with Crippen molar-refractivity contribution in [1.82, 2.24) is 10.2 Å². The zero-order chi connectivity index (χ0) is 12.3. The lowest BCUT2D eigenvalue weighted by atomic mass is 10.2. The third-order valence-corrected chi connectivity index (χ3v) is 2.57. The quantitative estimate of drug-likeness (QED) is 0.816. The number of hydrogen-bond acceptors (Lipinski definition) is 4. The standard InChI is InChI=1S/C13H16N4/c1-10-7-13(16-15-8-10)17(2)9-11-3-5-12(14)6-4-11/h3-8H,9,14H2,1-2H3. The minimum Gasteiger partial charge on any atom is -0.399 e. The molecule has 1 aromatic heterocycles. The van der Waals surface area contributed by atoms with Crippen LogP contribution in [0.1, 0.15) is 11.1 Å². The van der Waals surface area contributed by atoms with Gasteiger partial charge < -0.3 is 10.6 Å². The van der Waals surface area contributed by atoms with Crippen LogP contribution >= 0.6 is 0 Å². The number of anilines is 2. The van der Waals surface area contributed by atoms with Gasteiger partial charge in [0.2, 0.25) is 0 Å². The molecule has 17 heavy (non-hydrogen) atoms. The van der Waals surface area contributed by atoms with Gasteiger partial charge in [0.1, 0.15) is 0 Å². The van der Waals surface area contributed by atoms with Crippen molar-refractivity contribution < 1.29 is 0 Å². The van der Waals surface area contributed by atoms with E-state index in [1.165, 1.54) is 5.56 Å². The first-order valence-electron chi connectivity index (χ1n) is 5.50. The van der Waals surface area contributed by atoms with E-state index in [4.69, 9.17) is 5.73 Å². The Bertz CT molecular complexity index is 493. The Balaban J connectivity index is 2.11. The highest BCUT2D eigenvalue weighted by atomic mass is 15.2. The molecule has 2 rings (SSSR count). The largest absolute Gasteiger partial charge is 0.399 e. The van der Waals surface area contributed by atoms with Crippen molar-refractivity contribution in [2.24, 2.45) is 0 Å². The van der Waals surface area contributed by atoms with Gasteiger partial charge in [0.15, 0.2) is 5.82 Å². The van der Waals surface area contributed by atoms with Gasteiger partial charge in [0.25, 0.3) is 0 Å². The SMILES string of the molecule is Cc1cnnc(N(C)Cc2ccc(N)cc2)c1. The molecule has 1 heterocycles. The van der Waals surface area contributed by atoms with E-state index in [2.05, 4.69) is 15.1 Å². The maximum Gasteiger partial charge on any atom is 0.151 e. The van der Waals surface area contributed by atoms with E-state index >= 15 is 0 Å². The van der Waals surface area contributed by atoms with Gasteiger partial charge >= 0.3 is 0 Å². The van der Waals surface area contributed by atoms with E-state index in [1.54, 1.807) is 6.20 Å². The smallest absolute Gasteiger partial charge is 0.151 e. The molecular weight excluding hydrogens is 212 g/mol. The number of rotatable bonds is 3. The van der Waals surface area contributed by atoms with Gasteiger partial charge in [-0.2, -0.15) is 5.10 Å². The van der Waals surface area contributed by atoms with Gasteiger partial charge in [-0.25, -0.2) is 0 Å². The maximum atomic E-state index is 5.65. The average molecular weight is 228 g/mol. The number of benzene rings is 1. The summed E-state index contributed by atoms with van der Waals surface area (Å²) >= 11 is 0. The molecule has 1 aromatic carbocycles. The first-order valence-corrected chi connectivity index (χ1v) is 5.50. The predicted molar refractivity (Wildman–Crippen MR) is 69.7 cm³/mol. The van der Waals surface area contributed by atoms with Crippen LogP contribution in [0.4, 0.5) is 11.5 Å². The first kappa shape index (κ1) is 11.4. The van der Waals surface area contributed by atoms with Gasteiger partial charge in [0.05, 0.1) is 6.20 Å². The monoisotopic (exact) mass is 228 g/mol. The summed E-state index contributed by atoms with van der Waals surface area (Å²) in [5.41, 5.74) is 8.75. The Morgan fingerprint density at radius 1 is 1.24 bits per heavy atom. The molecule has 0 fully saturated rings. The van der Waals surface area contributed by atoms with Crippen LogP contribution in [-0.4, -0.2) is 17.2 Å². The summed E-state index contributed by atoms with van der Waals surface area (Å²) < 4.78 is 0. The summed E-state index contributed by atoms with van der Waals surface area (Å²) in [5, 5.41) is 8.05. The Morgan fingerprint density at radius 3 is 2.59 bits per heavy atom. The van der Waals surface area contributed by atoms with Crippen LogP contribution in [0.2, 0.25) is 0 Å². The molecule has 0 saturated carbocycles. The van der Waals surface area contributed by atoms with E-state index in [-0.39, 0.29) is 0 Å². The van der Waals surface area contributed by atoms with Crippen molar-refractivity contribution in [3.8, 4) is 0 Å². The second-order valence-corrected chi connectivity index (χ2v) is 4.19. The summed E-state index contributed by atoms with van der Waals surface area (Å²) in [6.07, 6.45) is 1.75. The highest BCUT2D eigenvalue weighted by Crippen LogP contribution is 2.13. The van der Waals surface area contributed by atoms with Gasteiger partial charge in [0, 0.05) is 19.3 Å². The third kappa shape index (κ3) is 2.93. The molecule has 2 aromatic rings. The highest BCUT2D eigenvalue weighted by molar-refractivity contribution is 5.42. The second-order valence-electron chi connectivity index (χ2n) is 4.19. The second kappa shape index (κ2) is 4.82. The molecule has 2 N–H and O–H groups in total. The lowest BCUT2D eigenvalue weighted by Gasteiger charge is -2.17. The van der Waals surface area contributed by atoms with Crippen molar-refractivity contribution in [3.05, 3.63) is 47.7 Å². The Hall–Kier alpha value is -2.10. The molecule has 88 valence electrons. The van der Waals surface area contributed by atoms with Gasteiger partial charge in [-0.05, 0) is 36.2 Å². The molecular formula is C13H16N4. The van der Waals surface area contributed by atoms with Crippen LogP contribution in [0, 0.1) is 6.92 Å². The highest BCUT2D eigenvalue weighted by Gasteiger charge is 2.04. The predicted octanol–water partition coefficient (Wildman–Crippen LogP) is 2.00. The van der Waals surface area contributed by atoms with E-state index in [1.807, 2.05) is 44.3 Å². The third-order valence-electron chi connectivity index (χ3n) is 2.57. The summed E-state index contributed by atoms with van der Waals surface area (Å²) in [5.74, 6) is 0.877. The summed E-state index contributed by atoms with van der Waals surface area (Å²) in [6, 6.07) is 9.88. The number of nitrogen functional groups attached to an aromatic ring is 1. The molecule has 0 aliphatic heterocycles. The fraction of sp³-hybridized carbons (Fsp3) is 0.231. The normalized spacial score (nSPS) is 10.2. The Morgan fingerprint density at radius 2 is 1.94 bits per heavy atom.